The second-order valence-corrected chi connectivity index (χ2v) is 5.10. The fourth-order valence-corrected chi connectivity index (χ4v) is 2.38. The van der Waals surface area contributed by atoms with Gasteiger partial charge in [0.1, 0.15) is 4.88 Å². The van der Waals surface area contributed by atoms with Crippen molar-refractivity contribution in [2.45, 2.75) is 12.6 Å². The minimum atomic E-state index is -4.70. The van der Waals surface area contributed by atoms with Gasteiger partial charge in [-0.1, -0.05) is 12.1 Å². The second kappa shape index (κ2) is 6.14. The lowest BCUT2D eigenvalue weighted by molar-refractivity contribution is -0.141. The SMILES string of the molecule is O=C(O)Cc1ccc(NC(=O)c2scnc2C(F)(F)F)cc1. The van der Waals surface area contributed by atoms with Crippen LogP contribution < -0.4 is 5.32 Å². The molecule has 1 aromatic carbocycles. The van der Waals surface area contributed by atoms with Crippen LogP contribution in [0.5, 0.6) is 0 Å². The molecule has 116 valence electrons. The van der Waals surface area contributed by atoms with Crippen LogP contribution in [0.1, 0.15) is 20.9 Å². The number of anilines is 1. The monoisotopic (exact) mass is 330 g/mol. The average molecular weight is 330 g/mol. The minimum Gasteiger partial charge on any atom is -0.481 e. The van der Waals surface area contributed by atoms with Gasteiger partial charge in [0.05, 0.1) is 11.9 Å². The Morgan fingerprint density at radius 3 is 2.41 bits per heavy atom. The Morgan fingerprint density at radius 1 is 1.23 bits per heavy atom. The van der Waals surface area contributed by atoms with Gasteiger partial charge in [0, 0.05) is 5.69 Å². The van der Waals surface area contributed by atoms with Gasteiger partial charge in [0.15, 0.2) is 5.69 Å². The molecule has 0 aliphatic heterocycles. The first-order valence-electron chi connectivity index (χ1n) is 5.90. The maximum absolute atomic E-state index is 12.7. The molecule has 1 heterocycles. The fraction of sp³-hybridized carbons (Fsp3) is 0.154. The van der Waals surface area contributed by atoms with Crippen LogP contribution in [0.3, 0.4) is 0 Å². The van der Waals surface area contributed by atoms with E-state index in [1.165, 1.54) is 24.3 Å². The van der Waals surface area contributed by atoms with Crippen LogP contribution in [0, 0.1) is 0 Å². The number of hydrogen-bond donors (Lipinski definition) is 2. The molecule has 0 aliphatic carbocycles. The van der Waals surface area contributed by atoms with Crippen LogP contribution in [-0.2, 0) is 17.4 Å². The van der Waals surface area contributed by atoms with Crippen LogP contribution in [0.4, 0.5) is 18.9 Å². The number of rotatable bonds is 4. The summed E-state index contributed by atoms with van der Waals surface area (Å²) < 4.78 is 38.0. The Labute approximate surface area is 126 Å². The number of aliphatic carboxylic acids is 1. The van der Waals surface area contributed by atoms with E-state index in [4.69, 9.17) is 5.11 Å². The molecule has 1 aromatic heterocycles. The minimum absolute atomic E-state index is 0.179. The number of amides is 1. The number of aromatic nitrogens is 1. The highest BCUT2D eigenvalue weighted by Crippen LogP contribution is 2.32. The normalized spacial score (nSPS) is 11.2. The second-order valence-electron chi connectivity index (χ2n) is 4.25. The van der Waals surface area contributed by atoms with E-state index in [2.05, 4.69) is 10.3 Å². The van der Waals surface area contributed by atoms with Gasteiger partial charge >= 0.3 is 12.1 Å². The van der Waals surface area contributed by atoms with E-state index in [0.717, 1.165) is 5.51 Å². The molecule has 0 atom stereocenters. The third kappa shape index (κ3) is 3.82. The van der Waals surface area contributed by atoms with Crippen molar-refractivity contribution in [3.05, 3.63) is 45.9 Å². The fourth-order valence-electron chi connectivity index (χ4n) is 1.68. The van der Waals surface area contributed by atoms with Gasteiger partial charge in [-0.3, -0.25) is 9.59 Å². The Kier molecular flexibility index (Phi) is 4.45. The van der Waals surface area contributed by atoms with Crippen molar-refractivity contribution >= 4 is 28.9 Å². The Hall–Kier alpha value is -2.42. The van der Waals surface area contributed by atoms with Gasteiger partial charge in [-0.2, -0.15) is 13.2 Å². The van der Waals surface area contributed by atoms with Gasteiger partial charge in [-0.05, 0) is 17.7 Å². The van der Waals surface area contributed by atoms with Crippen LogP contribution >= 0.6 is 11.3 Å². The number of carboxylic acid groups (broad SMARTS) is 1. The van der Waals surface area contributed by atoms with Crippen LogP contribution in [-0.4, -0.2) is 22.0 Å². The molecule has 22 heavy (non-hydrogen) atoms. The molecule has 0 spiro atoms. The molecule has 1 amide bonds. The van der Waals surface area contributed by atoms with Crippen LogP contribution in [0.25, 0.3) is 0 Å². The topological polar surface area (TPSA) is 79.3 Å². The third-order valence-corrected chi connectivity index (χ3v) is 3.43. The summed E-state index contributed by atoms with van der Waals surface area (Å²) in [6.45, 7) is 0. The van der Waals surface area contributed by atoms with E-state index >= 15 is 0 Å². The van der Waals surface area contributed by atoms with Crippen molar-refractivity contribution < 1.29 is 27.9 Å². The summed E-state index contributed by atoms with van der Waals surface area (Å²) in [7, 11) is 0. The first-order chi connectivity index (χ1) is 10.3. The lowest BCUT2D eigenvalue weighted by atomic mass is 10.1. The molecule has 2 N–H and O–H groups in total. The van der Waals surface area contributed by atoms with E-state index in [0.29, 0.717) is 16.9 Å². The summed E-state index contributed by atoms with van der Waals surface area (Å²) in [6.07, 6.45) is -4.88. The molecule has 0 bridgehead atoms. The average Bonchev–Trinajstić information content (AvgIpc) is 2.89. The number of benzene rings is 1. The Balaban J connectivity index is 2.13. The van der Waals surface area contributed by atoms with Crippen molar-refractivity contribution in [2.24, 2.45) is 0 Å². The smallest absolute Gasteiger partial charge is 0.434 e. The van der Waals surface area contributed by atoms with E-state index in [1.54, 1.807) is 0 Å². The Morgan fingerprint density at radius 2 is 1.86 bits per heavy atom. The van der Waals surface area contributed by atoms with E-state index in [-0.39, 0.29) is 12.1 Å². The zero-order valence-corrected chi connectivity index (χ0v) is 11.7. The number of carbonyl (C=O) groups is 2. The van der Waals surface area contributed by atoms with Crippen molar-refractivity contribution in [1.82, 2.24) is 4.98 Å². The standard InChI is InChI=1S/C13H9F3N2O3S/c14-13(15,16)11-10(22-6-17-11)12(21)18-8-3-1-7(2-4-8)5-9(19)20/h1-4,6H,5H2,(H,18,21)(H,19,20). The van der Waals surface area contributed by atoms with Crippen LogP contribution in [0.2, 0.25) is 0 Å². The lowest BCUT2D eigenvalue weighted by Crippen LogP contribution is -2.17. The number of nitrogens with one attached hydrogen (secondary N) is 1. The molecule has 5 nitrogen and oxygen atoms in total. The van der Waals surface area contributed by atoms with E-state index in [1.807, 2.05) is 0 Å². The first kappa shape index (κ1) is 16.0. The summed E-state index contributed by atoms with van der Waals surface area (Å²) in [6, 6.07) is 5.79. The highest BCUT2D eigenvalue weighted by molar-refractivity contribution is 7.12. The highest BCUT2D eigenvalue weighted by Gasteiger charge is 2.38. The predicted molar refractivity (Wildman–Crippen MR) is 72.9 cm³/mol. The predicted octanol–water partition coefficient (Wildman–Crippen LogP) is 3.04. The molecule has 2 aromatic rings. The number of carboxylic acids is 1. The first-order valence-corrected chi connectivity index (χ1v) is 6.78. The highest BCUT2D eigenvalue weighted by atomic mass is 32.1. The van der Waals surface area contributed by atoms with Gasteiger partial charge in [0.2, 0.25) is 0 Å². The molecule has 0 unspecified atom stereocenters. The summed E-state index contributed by atoms with van der Waals surface area (Å²) in [5.74, 6) is -1.92. The van der Waals surface area contributed by atoms with Crippen LogP contribution in [0.15, 0.2) is 29.8 Å². The molecule has 2 rings (SSSR count). The summed E-state index contributed by atoms with van der Waals surface area (Å²) in [4.78, 5) is 25.0. The Bertz CT molecular complexity index is 695. The van der Waals surface area contributed by atoms with Gasteiger partial charge in [-0.15, -0.1) is 11.3 Å². The number of hydrogen-bond acceptors (Lipinski definition) is 4. The lowest BCUT2D eigenvalue weighted by Gasteiger charge is -2.08. The van der Waals surface area contributed by atoms with E-state index in [9.17, 15) is 22.8 Å². The zero-order valence-electron chi connectivity index (χ0n) is 10.8. The molecule has 0 saturated carbocycles. The maximum atomic E-state index is 12.7. The number of nitrogens with zero attached hydrogens (tertiary/aromatic N) is 1. The number of thiazole rings is 1. The summed E-state index contributed by atoms with van der Waals surface area (Å²) >= 11 is 0.594. The van der Waals surface area contributed by atoms with Gasteiger partial charge < -0.3 is 10.4 Å². The summed E-state index contributed by atoms with van der Waals surface area (Å²) in [5.41, 5.74) is 0.505. The van der Waals surface area contributed by atoms with Crippen molar-refractivity contribution in [3.8, 4) is 0 Å². The van der Waals surface area contributed by atoms with Crippen molar-refractivity contribution in [3.63, 3.8) is 0 Å². The molecule has 0 aliphatic rings. The van der Waals surface area contributed by atoms with Gasteiger partial charge in [-0.25, -0.2) is 4.98 Å². The number of halogens is 3. The molecular weight excluding hydrogens is 321 g/mol. The molecule has 0 fully saturated rings. The molecule has 9 heteroatoms. The molecule has 0 saturated heterocycles. The third-order valence-electron chi connectivity index (χ3n) is 2.61. The zero-order chi connectivity index (χ0) is 16.3. The number of alkyl halides is 3. The van der Waals surface area contributed by atoms with Gasteiger partial charge in [0.25, 0.3) is 5.91 Å². The largest absolute Gasteiger partial charge is 0.481 e. The van der Waals surface area contributed by atoms with Crippen molar-refractivity contribution in [1.29, 1.82) is 0 Å². The van der Waals surface area contributed by atoms with Crippen molar-refractivity contribution in [2.75, 3.05) is 5.32 Å². The number of carbonyl (C=O) groups excluding carboxylic acids is 1. The molecular formula is C13H9F3N2O3S. The maximum Gasteiger partial charge on any atom is 0.434 e. The van der Waals surface area contributed by atoms with E-state index < -0.39 is 28.6 Å². The summed E-state index contributed by atoms with van der Waals surface area (Å²) in [5, 5.41) is 11.0. The molecule has 0 radical (unpaired) electrons. The quantitative estimate of drug-likeness (QED) is 0.903.